The number of carboxylic acid groups (broad SMARTS) is 1. The number of benzene rings is 3. The first kappa shape index (κ1) is 22.7. The highest BCUT2D eigenvalue weighted by Gasteiger charge is 2.49. The molecule has 0 aromatic heterocycles. The fraction of sp³-hybridized carbons (Fsp3) is 0.250. The van der Waals surface area contributed by atoms with Crippen molar-refractivity contribution in [1.29, 1.82) is 0 Å². The van der Waals surface area contributed by atoms with E-state index in [1.807, 2.05) is 36.4 Å². The predicted octanol–water partition coefficient (Wildman–Crippen LogP) is 5.03. The van der Waals surface area contributed by atoms with Gasteiger partial charge in [-0.05, 0) is 60.1 Å². The summed E-state index contributed by atoms with van der Waals surface area (Å²) in [7, 11) is 0. The van der Waals surface area contributed by atoms with Gasteiger partial charge < -0.3 is 20.5 Å². The zero-order valence-electron chi connectivity index (χ0n) is 19.3. The number of hydrogen-bond donors (Lipinski definition) is 3. The molecule has 1 atom stereocenters. The van der Waals surface area contributed by atoms with Gasteiger partial charge in [-0.1, -0.05) is 60.7 Å². The lowest BCUT2D eigenvalue weighted by Crippen LogP contribution is -2.56. The highest BCUT2D eigenvalue weighted by atomic mass is 16.5. The predicted molar refractivity (Wildman–Crippen MR) is 131 cm³/mol. The first-order valence-corrected chi connectivity index (χ1v) is 11.7. The fourth-order valence-electron chi connectivity index (χ4n) is 4.88. The van der Waals surface area contributed by atoms with Crippen LogP contribution in [0.1, 0.15) is 47.2 Å². The van der Waals surface area contributed by atoms with Crippen molar-refractivity contribution in [2.24, 2.45) is 5.92 Å². The van der Waals surface area contributed by atoms with E-state index in [0.717, 1.165) is 35.1 Å². The number of alkyl carbamates (subject to hydrolysis) is 1. The molecule has 1 fully saturated rings. The molecule has 0 aliphatic heterocycles. The monoisotopic (exact) mass is 470 g/mol. The molecule has 3 N–H and O–H groups in total. The summed E-state index contributed by atoms with van der Waals surface area (Å²) in [4.78, 5) is 37.7. The van der Waals surface area contributed by atoms with Crippen LogP contribution in [0.2, 0.25) is 0 Å². The molecule has 35 heavy (non-hydrogen) atoms. The Morgan fingerprint density at radius 3 is 2.09 bits per heavy atom. The summed E-state index contributed by atoms with van der Waals surface area (Å²) in [6.07, 6.45) is 0.894. The van der Waals surface area contributed by atoms with Crippen LogP contribution >= 0.6 is 0 Å². The van der Waals surface area contributed by atoms with Crippen molar-refractivity contribution in [3.05, 3.63) is 89.5 Å². The average molecular weight is 471 g/mol. The van der Waals surface area contributed by atoms with Crippen LogP contribution in [0.3, 0.4) is 0 Å². The second kappa shape index (κ2) is 8.91. The van der Waals surface area contributed by atoms with E-state index < -0.39 is 23.5 Å². The van der Waals surface area contributed by atoms with Gasteiger partial charge in [0.05, 0.1) is 11.3 Å². The molecule has 1 unspecified atom stereocenters. The van der Waals surface area contributed by atoms with Crippen molar-refractivity contribution in [3.8, 4) is 11.1 Å². The lowest BCUT2D eigenvalue weighted by molar-refractivity contribution is -0.122. The standard InChI is InChI=1S/C28H26N2O5/c1-28(17-14-15-17,26(33)29-24-13-7-6-12-22(24)25(31)32)30-27(34)35-16-23-20-10-4-2-8-18(20)19-9-3-5-11-21(19)23/h2-13,17,23H,14-16H2,1H3,(H,29,33)(H,30,34)(H,31,32). The maximum atomic E-state index is 13.2. The maximum absolute atomic E-state index is 13.2. The van der Waals surface area contributed by atoms with Crippen molar-refractivity contribution >= 4 is 23.7 Å². The summed E-state index contributed by atoms with van der Waals surface area (Å²) >= 11 is 0. The normalized spacial score (nSPS) is 15.9. The van der Waals surface area contributed by atoms with Crippen molar-refractivity contribution in [3.63, 3.8) is 0 Å². The van der Waals surface area contributed by atoms with E-state index >= 15 is 0 Å². The summed E-state index contributed by atoms with van der Waals surface area (Å²) in [5.41, 5.74) is 3.43. The van der Waals surface area contributed by atoms with Gasteiger partial charge in [-0.15, -0.1) is 0 Å². The summed E-state index contributed by atoms with van der Waals surface area (Å²) in [5, 5.41) is 14.9. The molecule has 178 valence electrons. The largest absolute Gasteiger partial charge is 0.478 e. The molecule has 2 aliphatic rings. The Hall–Kier alpha value is -4.13. The van der Waals surface area contributed by atoms with Gasteiger partial charge in [-0.25, -0.2) is 9.59 Å². The Morgan fingerprint density at radius 1 is 0.914 bits per heavy atom. The van der Waals surface area contributed by atoms with Crippen LogP contribution in [0.4, 0.5) is 10.5 Å². The number of carbonyl (C=O) groups is 3. The van der Waals surface area contributed by atoms with E-state index in [4.69, 9.17) is 4.74 Å². The third kappa shape index (κ3) is 4.25. The highest BCUT2D eigenvalue weighted by molar-refractivity contribution is 6.04. The van der Waals surface area contributed by atoms with Crippen molar-refractivity contribution in [1.82, 2.24) is 5.32 Å². The first-order chi connectivity index (χ1) is 16.9. The number of carbonyl (C=O) groups excluding carboxylic acids is 2. The lowest BCUT2D eigenvalue weighted by atomic mass is 9.94. The van der Waals surface area contributed by atoms with E-state index in [2.05, 4.69) is 22.8 Å². The second-order valence-electron chi connectivity index (χ2n) is 9.23. The van der Waals surface area contributed by atoms with Gasteiger partial charge in [-0.2, -0.15) is 0 Å². The van der Waals surface area contributed by atoms with Crippen LogP contribution in [-0.2, 0) is 9.53 Å². The van der Waals surface area contributed by atoms with E-state index in [9.17, 15) is 19.5 Å². The molecule has 7 nitrogen and oxygen atoms in total. The van der Waals surface area contributed by atoms with Crippen molar-refractivity contribution in [2.75, 3.05) is 11.9 Å². The number of para-hydroxylation sites is 1. The molecule has 7 heteroatoms. The minimum Gasteiger partial charge on any atom is -0.478 e. The average Bonchev–Trinajstić information content (AvgIpc) is 3.67. The Labute approximate surface area is 203 Å². The Morgan fingerprint density at radius 2 is 1.49 bits per heavy atom. The molecule has 0 bridgehead atoms. The fourth-order valence-corrected chi connectivity index (χ4v) is 4.88. The molecule has 0 radical (unpaired) electrons. The number of anilines is 1. The molecule has 0 spiro atoms. The molecule has 3 aromatic carbocycles. The molecule has 0 heterocycles. The Bertz CT molecular complexity index is 1270. The number of amides is 2. The number of fused-ring (bicyclic) bond motifs is 3. The maximum Gasteiger partial charge on any atom is 0.408 e. The number of ether oxygens (including phenoxy) is 1. The second-order valence-corrected chi connectivity index (χ2v) is 9.23. The number of nitrogens with one attached hydrogen (secondary N) is 2. The van der Waals surface area contributed by atoms with Gasteiger partial charge in [0.2, 0.25) is 5.91 Å². The minimum atomic E-state index is -1.23. The molecule has 2 amide bonds. The zero-order chi connectivity index (χ0) is 24.6. The molecule has 3 aromatic rings. The van der Waals surface area contributed by atoms with Gasteiger partial charge in [0.1, 0.15) is 12.1 Å². The van der Waals surface area contributed by atoms with Gasteiger partial charge in [0.25, 0.3) is 0 Å². The van der Waals surface area contributed by atoms with Gasteiger partial charge in [-0.3, -0.25) is 4.79 Å². The number of aromatic carboxylic acids is 1. The summed E-state index contributed by atoms with van der Waals surface area (Å²) in [6.45, 7) is 1.80. The molecule has 1 saturated carbocycles. The number of hydrogen-bond acceptors (Lipinski definition) is 4. The third-order valence-electron chi connectivity index (χ3n) is 6.98. The molecule has 0 saturated heterocycles. The van der Waals surface area contributed by atoms with E-state index in [1.165, 1.54) is 12.1 Å². The smallest absolute Gasteiger partial charge is 0.408 e. The van der Waals surface area contributed by atoms with Gasteiger partial charge in [0, 0.05) is 5.92 Å². The summed E-state index contributed by atoms with van der Waals surface area (Å²) in [5.74, 6) is -1.75. The third-order valence-corrected chi connectivity index (χ3v) is 6.98. The Balaban J connectivity index is 1.30. The van der Waals surface area contributed by atoms with Gasteiger partial charge in [0.15, 0.2) is 0 Å². The topological polar surface area (TPSA) is 105 Å². The zero-order valence-corrected chi connectivity index (χ0v) is 19.3. The minimum absolute atomic E-state index is 0.0138. The molecular formula is C28H26N2O5. The van der Waals surface area contributed by atoms with E-state index in [1.54, 1.807) is 19.1 Å². The molecule has 5 rings (SSSR count). The van der Waals surface area contributed by atoms with Crippen molar-refractivity contribution < 1.29 is 24.2 Å². The molecule has 2 aliphatic carbocycles. The van der Waals surface area contributed by atoms with Crippen LogP contribution in [0.15, 0.2) is 72.8 Å². The van der Waals surface area contributed by atoms with Crippen LogP contribution in [0.25, 0.3) is 11.1 Å². The van der Waals surface area contributed by atoms with Crippen LogP contribution < -0.4 is 10.6 Å². The summed E-state index contributed by atoms with van der Waals surface area (Å²) < 4.78 is 5.65. The van der Waals surface area contributed by atoms with Crippen LogP contribution in [0.5, 0.6) is 0 Å². The van der Waals surface area contributed by atoms with Gasteiger partial charge >= 0.3 is 12.1 Å². The van der Waals surface area contributed by atoms with E-state index in [-0.39, 0.29) is 29.7 Å². The van der Waals surface area contributed by atoms with Crippen molar-refractivity contribution in [2.45, 2.75) is 31.2 Å². The number of carboxylic acids is 1. The number of rotatable bonds is 7. The van der Waals surface area contributed by atoms with Crippen LogP contribution in [0, 0.1) is 5.92 Å². The quantitative estimate of drug-likeness (QED) is 0.449. The Kier molecular flexibility index (Phi) is 5.76. The van der Waals surface area contributed by atoms with E-state index in [0.29, 0.717) is 0 Å². The molecular weight excluding hydrogens is 444 g/mol. The summed E-state index contributed by atoms with van der Waals surface area (Å²) in [6, 6.07) is 22.3. The van der Waals surface area contributed by atoms with Crippen LogP contribution in [-0.4, -0.2) is 35.2 Å². The highest BCUT2D eigenvalue weighted by Crippen LogP contribution is 2.45. The SMILES string of the molecule is CC(NC(=O)OCC1c2ccccc2-c2ccccc21)(C(=O)Nc1ccccc1C(=O)O)C1CC1. The lowest BCUT2D eigenvalue weighted by Gasteiger charge is -2.29. The first-order valence-electron chi connectivity index (χ1n) is 11.7.